The Labute approximate surface area is 167 Å². The zero-order valence-electron chi connectivity index (χ0n) is 16.2. The fraction of sp³-hybridized carbons (Fsp3) is 0.250. The van der Waals surface area contributed by atoms with Gasteiger partial charge >= 0.3 is 0 Å². The molecule has 0 atom stereocenters. The van der Waals surface area contributed by atoms with E-state index in [0.717, 1.165) is 17.0 Å². The average molecular weight is 391 g/mol. The number of anilines is 1. The lowest BCUT2D eigenvalue weighted by molar-refractivity contribution is -0.120. The number of benzene rings is 1. The first-order chi connectivity index (χ1) is 14.1. The Morgan fingerprint density at radius 3 is 2.86 bits per heavy atom. The van der Waals surface area contributed by atoms with Crippen LogP contribution in [0, 0.1) is 13.8 Å². The lowest BCUT2D eigenvalue weighted by Crippen LogP contribution is -2.30. The third-order valence-electron chi connectivity index (χ3n) is 4.43. The summed E-state index contributed by atoms with van der Waals surface area (Å²) in [5.74, 6) is 2.83. The van der Waals surface area contributed by atoms with Crippen molar-refractivity contribution in [3.8, 4) is 5.82 Å². The summed E-state index contributed by atoms with van der Waals surface area (Å²) < 4.78 is 7.12. The van der Waals surface area contributed by atoms with Crippen LogP contribution in [0.15, 0.2) is 47.2 Å². The van der Waals surface area contributed by atoms with Gasteiger partial charge in [0.2, 0.25) is 5.91 Å². The fourth-order valence-electron chi connectivity index (χ4n) is 3.06. The zero-order chi connectivity index (χ0) is 20.2. The number of amides is 1. The molecule has 0 bridgehead atoms. The van der Waals surface area contributed by atoms with E-state index >= 15 is 0 Å². The molecule has 1 amide bonds. The SMILES string of the molecule is Cc1nc(NCCNC(=O)Cc2noc3ccccc23)cc(-n2ccnc2C)n1. The summed E-state index contributed by atoms with van der Waals surface area (Å²) >= 11 is 0. The maximum atomic E-state index is 12.2. The standard InChI is InChI=1S/C20H21N7O2/c1-13-24-18(12-19(25-13)27-10-9-21-14(27)2)22-7-8-23-20(28)11-16-15-5-3-4-6-17(15)29-26-16/h3-6,9-10,12H,7-8,11H2,1-2H3,(H,23,28)(H,22,24,25). The Balaban J connectivity index is 1.31. The monoisotopic (exact) mass is 391 g/mol. The van der Waals surface area contributed by atoms with Gasteiger partial charge in [-0.05, 0) is 26.0 Å². The maximum Gasteiger partial charge on any atom is 0.226 e. The molecule has 0 unspecified atom stereocenters. The van der Waals surface area contributed by atoms with Gasteiger partial charge < -0.3 is 15.2 Å². The molecule has 0 saturated heterocycles. The molecule has 0 saturated carbocycles. The van der Waals surface area contributed by atoms with Crippen molar-refractivity contribution in [1.82, 2.24) is 30.0 Å². The molecular formula is C20H21N7O2. The van der Waals surface area contributed by atoms with Crippen molar-refractivity contribution in [2.45, 2.75) is 20.3 Å². The molecule has 0 radical (unpaired) electrons. The number of nitrogens with zero attached hydrogens (tertiary/aromatic N) is 5. The van der Waals surface area contributed by atoms with Crippen molar-refractivity contribution in [1.29, 1.82) is 0 Å². The zero-order valence-corrected chi connectivity index (χ0v) is 16.2. The Morgan fingerprint density at radius 1 is 1.17 bits per heavy atom. The van der Waals surface area contributed by atoms with E-state index in [1.807, 2.05) is 54.9 Å². The van der Waals surface area contributed by atoms with Crippen molar-refractivity contribution in [2.24, 2.45) is 0 Å². The summed E-state index contributed by atoms with van der Waals surface area (Å²) in [5, 5.41) is 10.9. The van der Waals surface area contributed by atoms with Gasteiger partial charge in [-0.25, -0.2) is 15.0 Å². The van der Waals surface area contributed by atoms with Crippen molar-refractivity contribution >= 4 is 22.7 Å². The summed E-state index contributed by atoms with van der Waals surface area (Å²) in [6.07, 6.45) is 3.76. The number of hydrogen-bond donors (Lipinski definition) is 2. The van der Waals surface area contributed by atoms with Gasteiger partial charge in [0, 0.05) is 36.9 Å². The average Bonchev–Trinajstić information content (AvgIpc) is 3.31. The van der Waals surface area contributed by atoms with Gasteiger partial charge in [-0.15, -0.1) is 0 Å². The quantitative estimate of drug-likeness (QED) is 0.465. The van der Waals surface area contributed by atoms with E-state index in [9.17, 15) is 4.79 Å². The Hall–Kier alpha value is -3.75. The molecule has 4 aromatic rings. The van der Waals surface area contributed by atoms with Crippen molar-refractivity contribution in [3.63, 3.8) is 0 Å². The van der Waals surface area contributed by atoms with Gasteiger partial charge in [0.25, 0.3) is 0 Å². The lowest BCUT2D eigenvalue weighted by Gasteiger charge is -2.10. The second-order valence-corrected chi connectivity index (χ2v) is 6.58. The first kappa shape index (κ1) is 18.6. The molecule has 1 aromatic carbocycles. The van der Waals surface area contributed by atoms with E-state index in [0.29, 0.717) is 36.0 Å². The number of fused-ring (bicyclic) bond motifs is 1. The molecule has 3 heterocycles. The number of imidazole rings is 1. The van der Waals surface area contributed by atoms with Crippen LogP contribution in [-0.2, 0) is 11.2 Å². The minimum Gasteiger partial charge on any atom is -0.368 e. The number of carbonyl (C=O) groups excluding carboxylic acids is 1. The van der Waals surface area contributed by atoms with Crippen LogP contribution in [0.1, 0.15) is 17.3 Å². The summed E-state index contributed by atoms with van der Waals surface area (Å²) in [6, 6.07) is 9.35. The van der Waals surface area contributed by atoms with Gasteiger partial charge in [-0.3, -0.25) is 9.36 Å². The van der Waals surface area contributed by atoms with Gasteiger partial charge in [-0.1, -0.05) is 17.3 Å². The topological polar surface area (TPSA) is 111 Å². The third kappa shape index (κ3) is 4.23. The molecule has 0 aliphatic carbocycles. The van der Waals surface area contributed by atoms with E-state index in [4.69, 9.17) is 4.52 Å². The molecule has 0 fully saturated rings. The molecule has 29 heavy (non-hydrogen) atoms. The Bertz CT molecular complexity index is 1150. The van der Waals surface area contributed by atoms with Crippen molar-refractivity contribution < 1.29 is 9.32 Å². The number of aryl methyl sites for hydroxylation is 2. The third-order valence-corrected chi connectivity index (χ3v) is 4.43. The summed E-state index contributed by atoms with van der Waals surface area (Å²) in [4.78, 5) is 25.3. The summed E-state index contributed by atoms with van der Waals surface area (Å²) in [5.41, 5.74) is 1.32. The number of nitrogens with one attached hydrogen (secondary N) is 2. The molecule has 9 nitrogen and oxygen atoms in total. The Morgan fingerprint density at radius 2 is 2.03 bits per heavy atom. The van der Waals surface area contributed by atoms with Gasteiger partial charge in [-0.2, -0.15) is 0 Å². The number of para-hydroxylation sites is 1. The minimum absolute atomic E-state index is 0.112. The van der Waals surface area contributed by atoms with Crippen molar-refractivity contribution in [2.75, 3.05) is 18.4 Å². The predicted molar refractivity (Wildman–Crippen MR) is 108 cm³/mol. The van der Waals surface area contributed by atoms with E-state index < -0.39 is 0 Å². The first-order valence-corrected chi connectivity index (χ1v) is 9.30. The van der Waals surface area contributed by atoms with Crippen LogP contribution in [0.3, 0.4) is 0 Å². The molecule has 4 rings (SSSR count). The fourth-order valence-corrected chi connectivity index (χ4v) is 3.06. The predicted octanol–water partition coefficient (Wildman–Crippen LogP) is 2.19. The minimum atomic E-state index is -0.112. The molecular weight excluding hydrogens is 370 g/mol. The van der Waals surface area contributed by atoms with Gasteiger partial charge in [0.1, 0.15) is 29.0 Å². The second kappa shape index (κ2) is 8.09. The van der Waals surface area contributed by atoms with Crippen LogP contribution in [-0.4, -0.2) is 43.7 Å². The van der Waals surface area contributed by atoms with Gasteiger partial charge in [0.05, 0.1) is 6.42 Å². The molecule has 0 aliphatic rings. The van der Waals surface area contributed by atoms with E-state index in [1.54, 1.807) is 6.20 Å². The maximum absolute atomic E-state index is 12.2. The van der Waals surface area contributed by atoms with Crippen LogP contribution in [0.25, 0.3) is 16.8 Å². The number of carbonyl (C=O) groups is 1. The van der Waals surface area contributed by atoms with Crippen LogP contribution in [0.2, 0.25) is 0 Å². The van der Waals surface area contributed by atoms with E-state index in [-0.39, 0.29) is 12.3 Å². The largest absolute Gasteiger partial charge is 0.368 e. The highest BCUT2D eigenvalue weighted by Gasteiger charge is 2.11. The lowest BCUT2D eigenvalue weighted by atomic mass is 10.1. The summed E-state index contributed by atoms with van der Waals surface area (Å²) in [7, 11) is 0. The highest BCUT2D eigenvalue weighted by Crippen LogP contribution is 2.18. The highest BCUT2D eigenvalue weighted by molar-refractivity contribution is 5.86. The normalized spacial score (nSPS) is 11.0. The first-order valence-electron chi connectivity index (χ1n) is 9.30. The summed E-state index contributed by atoms with van der Waals surface area (Å²) in [6.45, 7) is 4.74. The molecule has 0 aliphatic heterocycles. The van der Waals surface area contributed by atoms with Crippen molar-refractivity contribution in [3.05, 3.63) is 60.1 Å². The van der Waals surface area contributed by atoms with E-state index in [2.05, 4.69) is 30.7 Å². The van der Waals surface area contributed by atoms with Crippen LogP contribution in [0.5, 0.6) is 0 Å². The molecule has 2 N–H and O–H groups in total. The van der Waals surface area contributed by atoms with Gasteiger partial charge in [0.15, 0.2) is 5.58 Å². The Kier molecular flexibility index (Phi) is 5.19. The molecule has 3 aromatic heterocycles. The number of aromatic nitrogens is 5. The molecule has 9 heteroatoms. The van der Waals surface area contributed by atoms with Crippen LogP contribution in [0.4, 0.5) is 5.82 Å². The van der Waals surface area contributed by atoms with E-state index in [1.165, 1.54) is 0 Å². The second-order valence-electron chi connectivity index (χ2n) is 6.58. The molecule has 148 valence electrons. The number of hydrogen-bond acceptors (Lipinski definition) is 7. The highest BCUT2D eigenvalue weighted by atomic mass is 16.5. The molecule has 0 spiro atoms. The number of rotatable bonds is 7. The van der Waals surface area contributed by atoms with Crippen LogP contribution >= 0.6 is 0 Å². The van der Waals surface area contributed by atoms with Crippen LogP contribution < -0.4 is 10.6 Å². The smallest absolute Gasteiger partial charge is 0.226 e.